The van der Waals surface area contributed by atoms with Gasteiger partial charge in [0.05, 0.1) is 12.9 Å². The number of ether oxygens (including phenoxy) is 1. The lowest BCUT2D eigenvalue weighted by atomic mass is 9.97. The molecule has 2 aromatic heterocycles. The Hall–Kier alpha value is -2.15. The molecule has 0 saturated carbocycles. The Kier molecular flexibility index (Phi) is 5.07. The summed E-state index contributed by atoms with van der Waals surface area (Å²) in [5, 5.41) is 0. The van der Waals surface area contributed by atoms with Crippen LogP contribution >= 0.6 is 0 Å². The molecule has 3 rings (SSSR count). The molecule has 7 nitrogen and oxygen atoms in total. The van der Waals surface area contributed by atoms with Crippen molar-refractivity contribution in [2.45, 2.75) is 31.8 Å². The minimum atomic E-state index is 0.141. The van der Waals surface area contributed by atoms with Gasteiger partial charge in [0.1, 0.15) is 12.4 Å². The molecule has 0 unspecified atom stereocenters. The summed E-state index contributed by atoms with van der Waals surface area (Å²) in [6.45, 7) is 3.37. The fourth-order valence-corrected chi connectivity index (χ4v) is 3.11. The second kappa shape index (κ2) is 7.41. The Balaban J connectivity index is 1.64. The van der Waals surface area contributed by atoms with Crippen molar-refractivity contribution in [3.05, 3.63) is 36.9 Å². The molecule has 0 N–H and O–H groups in total. The van der Waals surface area contributed by atoms with Crippen molar-refractivity contribution in [2.75, 3.05) is 26.8 Å². The fraction of sp³-hybridized carbons (Fsp3) is 0.562. The van der Waals surface area contributed by atoms with Gasteiger partial charge in [-0.1, -0.05) is 0 Å². The standard InChI is InChI=1S/C16H23N5O2/c1-23-10-9-20-8-5-18-16(20)14-3-2-6-21(11-14)15(22)12-19-7-4-17-13-19/h4-5,7-8,13-14H,2-3,6,9-12H2,1H3/t14-/m1/s1. The van der Waals surface area contributed by atoms with Crippen molar-refractivity contribution in [2.24, 2.45) is 0 Å². The third-order valence-electron chi connectivity index (χ3n) is 4.30. The Morgan fingerprint density at radius 2 is 2.30 bits per heavy atom. The molecule has 3 heterocycles. The Labute approximate surface area is 135 Å². The summed E-state index contributed by atoms with van der Waals surface area (Å²) in [5.74, 6) is 1.49. The second-order valence-electron chi connectivity index (χ2n) is 5.89. The molecule has 0 spiro atoms. The smallest absolute Gasteiger partial charge is 0.242 e. The normalized spacial score (nSPS) is 18.3. The summed E-state index contributed by atoms with van der Waals surface area (Å²) in [7, 11) is 1.70. The van der Waals surface area contributed by atoms with Crippen LogP contribution in [0.4, 0.5) is 0 Å². The van der Waals surface area contributed by atoms with Gasteiger partial charge in [0.15, 0.2) is 0 Å². The topological polar surface area (TPSA) is 65.2 Å². The Morgan fingerprint density at radius 1 is 1.39 bits per heavy atom. The van der Waals surface area contributed by atoms with Crippen LogP contribution < -0.4 is 0 Å². The minimum Gasteiger partial charge on any atom is -0.383 e. The van der Waals surface area contributed by atoms with Crippen LogP contribution in [0.25, 0.3) is 0 Å². The SMILES string of the molecule is COCCn1ccnc1[C@@H]1CCCN(C(=O)Cn2ccnc2)C1. The third-order valence-corrected chi connectivity index (χ3v) is 4.30. The van der Waals surface area contributed by atoms with Crippen LogP contribution in [0.15, 0.2) is 31.1 Å². The lowest BCUT2D eigenvalue weighted by Crippen LogP contribution is -2.41. The molecule has 124 valence electrons. The average molecular weight is 317 g/mol. The van der Waals surface area contributed by atoms with Gasteiger partial charge in [0, 0.05) is 57.4 Å². The minimum absolute atomic E-state index is 0.141. The maximum Gasteiger partial charge on any atom is 0.242 e. The van der Waals surface area contributed by atoms with Gasteiger partial charge >= 0.3 is 0 Å². The van der Waals surface area contributed by atoms with E-state index in [1.54, 1.807) is 19.6 Å². The maximum absolute atomic E-state index is 12.5. The number of imidazole rings is 2. The van der Waals surface area contributed by atoms with Crippen LogP contribution in [0.1, 0.15) is 24.6 Å². The summed E-state index contributed by atoms with van der Waals surface area (Å²) in [6, 6.07) is 0. The molecular weight excluding hydrogens is 294 g/mol. The first-order chi connectivity index (χ1) is 11.3. The van der Waals surface area contributed by atoms with Crippen LogP contribution in [0.2, 0.25) is 0 Å². The van der Waals surface area contributed by atoms with Crippen LogP contribution in [0, 0.1) is 0 Å². The Morgan fingerprint density at radius 3 is 3.09 bits per heavy atom. The number of amides is 1. The van der Waals surface area contributed by atoms with E-state index in [2.05, 4.69) is 14.5 Å². The van der Waals surface area contributed by atoms with E-state index >= 15 is 0 Å². The highest BCUT2D eigenvalue weighted by Crippen LogP contribution is 2.26. The molecular formula is C16H23N5O2. The predicted octanol–water partition coefficient (Wildman–Crippen LogP) is 1.13. The first kappa shape index (κ1) is 15.7. The van der Waals surface area contributed by atoms with Gasteiger partial charge in [-0.3, -0.25) is 4.79 Å². The quantitative estimate of drug-likeness (QED) is 0.801. The number of hydrogen-bond acceptors (Lipinski definition) is 4. The molecule has 0 radical (unpaired) electrons. The average Bonchev–Trinajstić information content (AvgIpc) is 3.24. The van der Waals surface area contributed by atoms with Gasteiger partial charge in [-0.25, -0.2) is 9.97 Å². The number of likely N-dealkylation sites (tertiary alicyclic amines) is 1. The second-order valence-corrected chi connectivity index (χ2v) is 5.89. The molecule has 0 bridgehead atoms. The number of nitrogens with zero attached hydrogens (tertiary/aromatic N) is 5. The van der Waals surface area contributed by atoms with Crippen LogP contribution in [0.3, 0.4) is 0 Å². The molecule has 1 saturated heterocycles. The van der Waals surface area contributed by atoms with E-state index < -0.39 is 0 Å². The summed E-state index contributed by atoms with van der Waals surface area (Å²) < 4.78 is 9.10. The van der Waals surface area contributed by atoms with Crippen molar-refractivity contribution < 1.29 is 9.53 Å². The highest BCUT2D eigenvalue weighted by molar-refractivity contribution is 5.76. The lowest BCUT2D eigenvalue weighted by Gasteiger charge is -2.32. The van der Waals surface area contributed by atoms with Gasteiger partial charge in [-0.05, 0) is 12.8 Å². The molecule has 1 atom stereocenters. The molecule has 2 aromatic rings. The molecule has 1 amide bonds. The fourth-order valence-electron chi connectivity index (χ4n) is 3.11. The van der Waals surface area contributed by atoms with Crippen molar-refractivity contribution in [3.63, 3.8) is 0 Å². The van der Waals surface area contributed by atoms with Crippen LogP contribution in [-0.2, 0) is 22.6 Å². The van der Waals surface area contributed by atoms with Crippen molar-refractivity contribution >= 4 is 5.91 Å². The maximum atomic E-state index is 12.5. The number of aromatic nitrogens is 4. The number of carbonyl (C=O) groups excluding carboxylic acids is 1. The number of hydrogen-bond donors (Lipinski definition) is 0. The summed E-state index contributed by atoms with van der Waals surface area (Å²) in [5.41, 5.74) is 0. The van der Waals surface area contributed by atoms with Crippen LogP contribution in [0.5, 0.6) is 0 Å². The molecule has 0 aliphatic carbocycles. The number of piperidine rings is 1. The lowest BCUT2D eigenvalue weighted by molar-refractivity contribution is -0.133. The highest BCUT2D eigenvalue weighted by atomic mass is 16.5. The van der Waals surface area contributed by atoms with E-state index in [1.165, 1.54) is 0 Å². The Bertz CT molecular complexity index is 622. The first-order valence-electron chi connectivity index (χ1n) is 8.01. The number of methoxy groups -OCH3 is 1. The van der Waals surface area contributed by atoms with Crippen molar-refractivity contribution in [1.29, 1.82) is 0 Å². The largest absolute Gasteiger partial charge is 0.383 e. The van der Waals surface area contributed by atoms with E-state index in [4.69, 9.17) is 4.74 Å². The van der Waals surface area contributed by atoms with E-state index in [-0.39, 0.29) is 5.91 Å². The van der Waals surface area contributed by atoms with Gasteiger partial charge in [0.25, 0.3) is 0 Å². The molecule has 7 heteroatoms. The first-order valence-corrected chi connectivity index (χ1v) is 8.01. The summed E-state index contributed by atoms with van der Waals surface area (Å²) in [6.07, 6.45) is 11.1. The van der Waals surface area contributed by atoms with Crippen molar-refractivity contribution in [1.82, 2.24) is 24.0 Å². The molecule has 1 aliphatic rings. The van der Waals surface area contributed by atoms with E-state index in [1.807, 2.05) is 28.1 Å². The number of rotatable bonds is 6. The van der Waals surface area contributed by atoms with Crippen molar-refractivity contribution in [3.8, 4) is 0 Å². The third kappa shape index (κ3) is 3.79. The monoisotopic (exact) mass is 317 g/mol. The molecule has 1 aliphatic heterocycles. The zero-order valence-corrected chi connectivity index (χ0v) is 13.5. The predicted molar refractivity (Wildman–Crippen MR) is 84.9 cm³/mol. The zero-order valence-electron chi connectivity index (χ0n) is 13.5. The van der Waals surface area contributed by atoms with Gasteiger partial charge in [-0.2, -0.15) is 0 Å². The molecule has 23 heavy (non-hydrogen) atoms. The van der Waals surface area contributed by atoms with E-state index in [0.29, 0.717) is 19.1 Å². The molecule has 0 aromatic carbocycles. The van der Waals surface area contributed by atoms with E-state index in [9.17, 15) is 4.79 Å². The van der Waals surface area contributed by atoms with Crippen LogP contribution in [-0.4, -0.2) is 56.7 Å². The van der Waals surface area contributed by atoms with Gasteiger partial charge in [0.2, 0.25) is 5.91 Å². The van der Waals surface area contributed by atoms with Gasteiger partial charge < -0.3 is 18.8 Å². The number of carbonyl (C=O) groups is 1. The summed E-state index contributed by atoms with van der Waals surface area (Å²) >= 11 is 0. The van der Waals surface area contributed by atoms with Gasteiger partial charge in [-0.15, -0.1) is 0 Å². The highest BCUT2D eigenvalue weighted by Gasteiger charge is 2.27. The molecule has 1 fully saturated rings. The summed E-state index contributed by atoms with van der Waals surface area (Å²) in [4.78, 5) is 22.9. The van der Waals surface area contributed by atoms with E-state index in [0.717, 1.165) is 38.3 Å². The zero-order chi connectivity index (χ0) is 16.1.